The molecule has 0 spiro atoms. The van der Waals surface area contributed by atoms with Crippen LogP contribution in [0.15, 0.2) is 53.1 Å². The van der Waals surface area contributed by atoms with Crippen LogP contribution in [0.25, 0.3) is 11.1 Å². The van der Waals surface area contributed by atoms with Gasteiger partial charge in [-0.3, -0.25) is 9.59 Å². The molecule has 1 saturated heterocycles. The lowest BCUT2D eigenvalue weighted by molar-refractivity contribution is -0.124. The SMILES string of the molecule is Cc1cc(C(=O)N2CCNC(=O)[C@@H](Cc3ccccc3-c3ccc(F)cc3C)C2)on1. The fourth-order valence-electron chi connectivity index (χ4n) is 4.02. The van der Waals surface area contributed by atoms with E-state index in [0.717, 1.165) is 22.3 Å². The Balaban J connectivity index is 1.60. The quantitative estimate of drug-likeness (QED) is 0.699. The van der Waals surface area contributed by atoms with Crippen LogP contribution >= 0.6 is 0 Å². The van der Waals surface area contributed by atoms with E-state index in [2.05, 4.69) is 10.5 Å². The van der Waals surface area contributed by atoms with E-state index in [1.807, 2.05) is 31.2 Å². The third-order valence-electron chi connectivity index (χ3n) is 5.58. The lowest BCUT2D eigenvalue weighted by Crippen LogP contribution is -2.37. The van der Waals surface area contributed by atoms with Crippen molar-refractivity contribution in [3.63, 3.8) is 0 Å². The topological polar surface area (TPSA) is 75.4 Å². The zero-order valence-corrected chi connectivity index (χ0v) is 17.5. The average molecular weight is 421 g/mol. The van der Waals surface area contributed by atoms with Gasteiger partial charge in [0.25, 0.3) is 5.91 Å². The third-order valence-corrected chi connectivity index (χ3v) is 5.58. The molecule has 4 rings (SSSR count). The molecule has 2 aromatic carbocycles. The molecule has 0 saturated carbocycles. The number of aryl methyl sites for hydroxylation is 2. The van der Waals surface area contributed by atoms with Crippen molar-refractivity contribution in [1.82, 2.24) is 15.4 Å². The Morgan fingerprint density at radius 2 is 2.00 bits per heavy atom. The van der Waals surface area contributed by atoms with Crippen LogP contribution in [0.4, 0.5) is 4.39 Å². The lowest BCUT2D eigenvalue weighted by atomic mass is 9.90. The van der Waals surface area contributed by atoms with Gasteiger partial charge in [0.05, 0.1) is 11.6 Å². The third kappa shape index (κ3) is 4.50. The molecule has 0 radical (unpaired) electrons. The largest absolute Gasteiger partial charge is 0.354 e. The summed E-state index contributed by atoms with van der Waals surface area (Å²) >= 11 is 0. The standard InChI is InChI=1S/C24H24FN3O3/c1-15-11-19(25)7-8-20(15)21-6-4-3-5-17(21)13-18-14-28(10-9-26-23(18)29)24(30)22-12-16(2)27-31-22/h3-8,11-12,18H,9-10,13-14H2,1-2H3,(H,26,29)/t18-/m0/s1. The zero-order chi connectivity index (χ0) is 22.0. The smallest absolute Gasteiger partial charge is 0.292 e. The van der Waals surface area contributed by atoms with Gasteiger partial charge in [0.2, 0.25) is 11.7 Å². The van der Waals surface area contributed by atoms with Gasteiger partial charge in [0, 0.05) is 25.7 Å². The molecule has 1 aliphatic rings. The summed E-state index contributed by atoms with van der Waals surface area (Å²) < 4.78 is 18.7. The predicted octanol–water partition coefficient (Wildman–Crippen LogP) is 3.53. The van der Waals surface area contributed by atoms with Crippen LogP contribution in [0.1, 0.15) is 27.4 Å². The van der Waals surface area contributed by atoms with Gasteiger partial charge in [-0.2, -0.15) is 0 Å². The van der Waals surface area contributed by atoms with Gasteiger partial charge in [-0.05, 0) is 54.7 Å². The molecule has 6 nitrogen and oxygen atoms in total. The molecule has 0 unspecified atom stereocenters. The second kappa shape index (κ2) is 8.71. The Morgan fingerprint density at radius 1 is 1.19 bits per heavy atom. The minimum atomic E-state index is -0.419. The van der Waals surface area contributed by atoms with Crippen LogP contribution in [-0.4, -0.2) is 41.5 Å². The number of aromatic nitrogens is 1. The summed E-state index contributed by atoms with van der Waals surface area (Å²) in [5, 5.41) is 6.69. The first-order valence-corrected chi connectivity index (χ1v) is 10.3. The maximum atomic E-state index is 13.6. The Labute approximate surface area is 180 Å². The van der Waals surface area contributed by atoms with E-state index in [4.69, 9.17) is 4.52 Å². The van der Waals surface area contributed by atoms with E-state index >= 15 is 0 Å². The summed E-state index contributed by atoms with van der Waals surface area (Å²) in [4.78, 5) is 27.2. The molecule has 1 fully saturated rings. The van der Waals surface area contributed by atoms with Gasteiger partial charge < -0.3 is 14.7 Å². The molecule has 0 aliphatic carbocycles. The summed E-state index contributed by atoms with van der Waals surface area (Å²) in [5.74, 6) is -0.886. The zero-order valence-electron chi connectivity index (χ0n) is 17.5. The van der Waals surface area contributed by atoms with Gasteiger partial charge in [0.1, 0.15) is 5.82 Å². The van der Waals surface area contributed by atoms with Gasteiger partial charge in [0.15, 0.2) is 0 Å². The minimum Gasteiger partial charge on any atom is -0.354 e. The number of halogens is 1. The maximum absolute atomic E-state index is 13.6. The van der Waals surface area contributed by atoms with E-state index in [0.29, 0.717) is 25.2 Å². The highest BCUT2D eigenvalue weighted by molar-refractivity contribution is 5.92. The monoisotopic (exact) mass is 421 g/mol. The Morgan fingerprint density at radius 3 is 2.74 bits per heavy atom. The number of nitrogens with one attached hydrogen (secondary N) is 1. The number of carbonyl (C=O) groups is 2. The van der Waals surface area contributed by atoms with Crippen molar-refractivity contribution in [2.45, 2.75) is 20.3 Å². The molecule has 1 atom stereocenters. The molecular weight excluding hydrogens is 397 g/mol. The van der Waals surface area contributed by atoms with E-state index in [9.17, 15) is 14.0 Å². The van der Waals surface area contributed by atoms with Gasteiger partial charge >= 0.3 is 0 Å². The number of hydrogen-bond donors (Lipinski definition) is 1. The van der Waals surface area contributed by atoms with Crippen LogP contribution in [-0.2, 0) is 11.2 Å². The van der Waals surface area contributed by atoms with Crippen molar-refractivity contribution in [2.24, 2.45) is 5.92 Å². The van der Waals surface area contributed by atoms with Crippen molar-refractivity contribution < 1.29 is 18.5 Å². The van der Waals surface area contributed by atoms with Gasteiger partial charge in [-0.25, -0.2) is 4.39 Å². The summed E-state index contributed by atoms with van der Waals surface area (Å²) in [7, 11) is 0. The normalized spacial score (nSPS) is 16.7. The Hall–Kier alpha value is -3.48. The number of hydrogen-bond acceptors (Lipinski definition) is 4. The summed E-state index contributed by atoms with van der Waals surface area (Å²) in [6, 6.07) is 14.1. The van der Waals surface area contributed by atoms with E-state index in [1.165, 1.54) is 12.1 Å². The number of rotatable bonds is 4. The minimum absolute atomic E-state index is 0.0883. The highest BCUT2D eigenvalue weighted by Crippen LogP contribution is 2.29. The van der Waals surface area contributed by atoms with Crippen molar-refractivity contribution in [3.05, 3.63) is 76.9 Å². The average Bonchev–Trinajstić information content (AvgIpc) is 3.10. The second-order valence-corrected chi connectivity index (χ2v) is 7.89. The van der Waals surface area contributed by atoms with Crippen LogP contribution < -0.4 is 5.32 Å². The first kappa shape index (κ1) is 20.8. The predicted molar refractivity (Wildman–Crippen MR) is 114 cm³/mol. The fourth-order valence-corrected chi connectivity index (χ4v) is 4.02. The first-order chi connectivity index (χ1) is 14.9. The van der Waals surface area contributed by atoms with Crippen LogP contribution in [0.3, 0.4) is 0 Å². The molecule has 1 aliphatic heterocycles. The highest BCUT2D eigenvalue weighted by atomic mass is 19.1. The highest BCUT2D eigenvalue weighted by Gasteiger charge is 2.30. The number of nitrogens with zero attached hydrogens (tertiary/aromatic N) is 2. The van der Waals surface area contributed by atoms with Crippen LogP contribution in [0.5, 0.6) is 0 Å². The van der Waals surface area contributed by atoms with E-state index in [-0.39, 0.29) is 29.9 Å². The summed E-state index contributed by atoms with van der Waals surface area (Å²) in [6.45, 7) is 4.69. The molecule has 2 amide bonds. The van der Waals surface area contributed by atoms with Gasteiger partial charge in [-0.15, -0.1) is 0 Å². The summed E-state index contributed by atoms with van der Waals surface area (Å²) in [5.41, 5.74) is 4.32. The first-order valence-electron chi connectivity index (χ1n) is 10.3. The summed E-state index contributed by atoms with van der Waals surface area (Å²) in [6.07, 6.45) is 0.456. The van der Waals surface area contributed by atoms with Crippen molar-refractivity contribution in [3.8, 4) is 11.1 Å². The van der Waals surface area contributed by atoms with Crippen LogP contribution in [0, 0.1) is 25.6 Å². The lowest BCUT2D eigenvalue weighted by Gasteiger charge is -2.23. The molecule has 2 heterocycles. The van der Waals surface area contributed by atoms with E-state index < -0.39 is 5.92 Å². The van der Waals surface area contributed by atoms with Crippen LogP contribution in [0.2, 0.25) is 0 Å². The Bertz CT molecular complexity index is 1120. The number of amides is 2. The molecule has 3 aromatic rings. The molecule has 0 bridgehead atoms. The fraction of sp³-hybridized carbons (Fsp3) is 0.292. The van der Waals surface area contributed by atoms with Gasteiger partial charge in [-0.1, -0.05) is 35.5 Å². The second-order valence-electron chi connectivity index (χ2n) is 7.89. The maximum Gasteiger partial charge on any atom is 0.292 e. The van der Waals surface area contributed by atoms with Crippen molar-refractivity contribution in [2.75, 3.05) is 19.6 Å². The molecular formula is C24H24FN3O3. The molecule has 160 valence electrons. The molecule has 31 heavy (non-hydrogen) atoms. The van der Waals surface area contributed by atoms with Crippen molar-refractivity contribution >= 4 is 11.8 Å². The molecule has 1 N–H and O–H groups in total. The molecule has 1 aromatic heterocycles. The Kier molecular flexibility index (Phi) is 5.84. The van der Waals surface area contributed by atoms with E-state index in [1.54, 1.807) is 24.0 Å². The molecule has 7 heteroatoms. The number of carbonyl (C=O) groups excluding carboxylic acids is 2. The number of benzene rings is 2. The van der Waals surface area contributed by atoms with Crippen molar-refractivity contribution in [1.29, 1.82) is 0 Å².